The average molecular weight is 254 g/mol. The van der Waals surface area contributed by atoms with E-state index in [1.165, 1.54) is 6.20 Å². The van der Waals surface area contributed by atoms with Crippen molar-refractivity contribution < 1.29 is 9.53 Å². The van der Waals surface area contributed by atoms with Gasteiger partial charge in [0.1, 0.15) is 23.2 Å². The number of H-pyrrole nitrogens is 1. The van der Waals surface area contributed by atoms with Crippen LogP contribution in [0.15, 0.2) is 24.4 Å². The Kier molecular flexibility index (Phi) is 2.65. The number of aromatic nitrogens is 2. The summed E-state index contributed by atoms with van der Waals surface area (Å²) >= 11 is 0. The maximum absolute atomic E-state index is 12.1. The Morgan fingerprint density at radius 1 is 1.53 bits per heavy atom. The number of fused-ring (bicyclic) bond motifs is 1. The first-order valence-corrected chi connectivity index (χ1v) is 5.78. The number of ether oxygens (including phenoxy) is 1. The first-order valence-electron chi connectivity index (χ1n) is 5.78. The molecule has 1 aliphatic heterocycles. The Bertz CT molecular complexity index is 684. The fourth-order valence-electron chi connectivity index (χ4n) is 1.98. The number of nitrogens with one attached hydrogen (secondary N) is 2. The Morgan fingerprint density at radius 2 is 2.42 bits per heavy atom. The molecule has 0 saturated carbocycles. The molecule has 0 saturated heterocycles. The van der Waals surface area contributed by atoms with E-state index >= 15 is 0 Å². The van der Waals surface area contributed by atoms with Crippen molar-refractivity contribution in [3.8, 4) is 11.8 Å². The van der Waals surface area contributed by atoms with Gasteiger partial charge in [-0.2, -0.15) is 10.4 Å². The molecule has 0 unspecified atom stereocenters. The van der Waals surface area contributed by atoms with Crippen molar-refractivity contribution >= 4 is 11.7 Å². The number of rotatable bonds is 2. The Hall–Kier alpha value is -2.81. The molecule has 6 heteroatoms. The lowest BCUT2D eigenvalue weighted by Gasteiger charge is -2.05. The third-order valence-corrected chi connectivity index (χ3v) is 2.95. The number of amides is 1. The van der Waals surface area contributed by atoms with E-state index in [0.717, 1.165) is 17.7 Å². The molecule has 3 rings (SSSR count). The van der Waals surface area contributed by atoms with Crippen molar-refractivity contribution in [3.63, 3.8) is 0 Å². The van der Waals surface area contributed by atoms with Crippen LogP contribution in [0.3, 0.4) is 0 Å². The molecule has 0 fully saturated rings. The smallest absolute Gasteiger partial charge is 0.256 e. The van der Waals surface area contributed by atoms with E-state index in [4.69, 9.17) is 10.00 Å². The molecule has 0 bridgehead atoms. The molecular formula is C13H10N4O2. The number of anilines is 1. The molecule has 0 radical (unpaired) electrons. The standard InChI is InChI=1S/C13H10N4O2/c14-6-10-7-15-17-12(10)16-13(18)9-1-2-11-8(5-9)3-4-19-11/h1-2,5,7H,3-4H2,(H2,15,16,17,18). The average Bonchev–Trinajstić information content (AvgIpc) is 3.05. The van der Waals surface area contributed by atoms with Gasteiger partial charge >= 0.3 is 0 Å². The number of benzene rings is 1. The Morgan fingerprint density at radius 3 is 3.26 bits per heavy atom. The molecular weight excluding hydrogens is 244 g/mol. The van der Waals surface area contributed by atoms with E-state index in [0.29, 0.717) is 23.6 Å². The van der Waals surface area contributed by atoms with Gasteiger partial charge < -0.3 is 10.1 Å². The van der Waals surface area contributed by atoms with Crippen LogP contribution in [-0.2, 0) is 6.42 Å². The molecule has 1 aliphatic rings. The molecule has 2 aromatic rings. The summed E-state index contributed by atoms with van der Waals surface area (Å²) in [6.07, 6.45) is 2.18. The number of nitriles is 1. The third-order valence-electron chi connectivity index (χ3n) is 2.95. The minimum absolute atomic E-state index is 0.282. The summed E-state index contributed by atoms with van der Waals surface area (Å²) in [7, 11) is 0. The predicted octanol–water partition coefficient (Wildman–Crippen LogP) is 1.47. The molecule has 0 spiro atoms. The Labute approximate surface area is 109 Å². The minimum atomic E-state index is -0.282. The van der Waals surface area contributed by atoms with Gasteiger partial charge in [0.2, 0.25) is 0 Å². The highest BCUT2D eigenvalue weighted by molar-refractivity contribution is 6.04. The third kappa shape index (κ3) is 2.02. The zero-order chi connectivity index (χ0) is 13.2. The van der Waals surface area contributed by atoms with Gasteiger partial charge in [-0.3, -0.25) is 9.89 Å². The molecule has 94 valence electrons. The lowest BCUT2D eigenvalue weighted by molar-refractivity contribution is 0.102. The second-order valence-corrected chi connectivity index (χ2v) is 4.15. The summed E-state index contributed by atoms with van der Waals surface area (Å²) in [4.78, 5) is 12.1. The van der Waals surface area contributed by atoms with Crippen LogP contribution in [0.5, 0.6) is 5.75 Å². The van der Waals surface area contributed by atoms with E-state index in [-0.39, 0.29) is 5.91 Å². The first-order chi connectivity index (χ1) is 9.28. The van der Waals surface area contributed by atoms with Gasteiger partial charge in [0.25, 0.3) is 5.91 Å². The fourth-order valence-corrected chi connectivity index (χ4v) is 1.98. The molecule has 1 aromatic heterocycles. The summed E-state index contributed by atoms with van der Waals surface area (Å²) in [6, 6.07) is 7.23. The van der Waals surface area contributed by atoms with Gasteiger partial charge in [0.15, 0.2) is 0 Å². The monoisotopic (exact) mass is 254 g/mol. The topological polar surface area (TPSA) is 90.8 Å². The van der Waals surface area contributed by atoms with Crippen LogP contribution in [0.25, 0.3) is 0 Å². The summed E-state index contributed by atoms with van der Waals surface area (Å²) in [5.74, 6) is 0.857. The van der Waals surface area contributed by atoms with Crippen LogP contribution in [-0.4, -0.2) is 22.7 Å². The van der Waals surface area contributed by atoms with Crippen LogP contribution in [0, 0.1) is 11.3 Å². The fraction of sp³-hybridized carbons (Fsp3) is 0.154. The van der Waals surface area contributed by atoms with Crippen molar-refractivity contribution in [2.75, 3.05) is 11.9 Å². The molecule has 1 aromatic carbocycles. The van der Waals surface area contributed by atoms with E-state index in [1.807, 2.05) is 6.07 Å². The summed E-state index contributed by atoms with van der Waals surface area (Å²) in [5, 5.41) is 17.8. The van der Waals surface area contributed by atoms with Gasteiger partial charge in [-0.15, -0.1) is 0 Å². The van der Waals surface area contributed by atoms with E-state index in [9.17, 15) is 4.79 Å². The SMILES string of the molecule is N#Cc1cn[nH]c1NC(=O)c1ccc2c(c1)CCO2. The number of carbonyl (C=O) groups is 1. The molecule has 1 amide bonds. The maximum Gasteiger partial charge on any atom is 0.256 e. The Balaban J connectivity index is 1.83. The zero-order valence-electron chi connectivity index (χ0n) is 9.93. The van der Waals surface area contributed by atoms with Gasteiger partial charge in [0, 0.05) is 12.0 Å². The van der Waals surface area contributed by atoms with Crippen LogP contribution < -0.4 is 10.1 Å². The summed E-state index contributed by atoms with van der Waals surface area (Å²) < 4.78 is 5.38. The highest BCUT2D eigenvalue weighted by Crippen LogP contribution is 2.26. The second kappa shape index (κ2) is 4.46. The van der Waals surface area contributed by atoms with Crippen LogP contribution in [0.1, 0.15) is 21.5 Å². The van der Waals surface area contributed by atoms with Crippen LogP contribution in [0.2, 0.25) is 0 Å². The molecule has 19 heavy (non-hydrogen) atoms. The van der Waals surface area contributed by atoms with Crippen LogP contribution >= 0.6 is 0 Å². The van der Waals surface area contributed by atoms with Crippen LogP contribution in [0.4, 0.5) is 5.82 Å². The van der Waals surface area contributed by atoms with Crippen molar-refractivity contribution in [1.29, 1.82) is 5.26 Å². The first kappa shape index (κ1) is 11.3. The quantitative estimate of drug-likeness (QED) is 0.849. The number of hydrogen-bond acceptors (Lipinski definition) is 4. The zero-order valence-corrected chi connectivity index (χ0v) is 9.93. The lowest BCUT2D eigenvalue weighted by atomic mass is 10.1. The van der Waals surface area contributed by atoms with Crippen molar-refractivity contribution in [3.05, 3.63) is 41.1 Å². The normalized spacial score (nSPS) is 12.4. The van der Waals surface area contributed by atoms with Gasteiger partial charge in [-0.05, 0) is 23.8 Å². The highest BCUT2D eigenvalue weighted by Gasteiger charge is 2.16. The summed E-state index contributed by atoms with van der Waals surface area (Å²) in [6.45, 7) is 0.652. The minimum Gasteiger partial charge on any atom is -0.493 e. The highest BCUT2D eigenvalue weighted by atomic mass is 16.5. The van der Waals surface area contributed by atoms with Gasteiger partial charge in [-0.25, -0.2) is 0 Å². The maximum atomic E-state index is 12.1. The predicted molar refractivity (Wildman–Crippen MR) is 66.9 cm³/mol. The molecule has 6 nitrogen and oxygen atoms in total. The number of aromatic amines is 1. The number of hydrogen-bond donors (Lipinski definition) is 2. The van der Waals surface area contributed by atoms with Crippen molar-refractivity contribution in [2.45, 2.75) is 6.42 Å². The molecule has 0 atom stereocenters. The number of nitrogens with zero attached hydrogens (tertiary/aromatic N) is 2. The van der Waals surface area contributed by atoms with E-state index in [1.54, 1.807) is 18.2 Å². The molecule has 2 heterocycles. The molecule has 0 aliphatic carbocycles. The summed E-state index contributed by atoms with van der Waals surface area (Å²) in [5.41, 5.74) is 1.86. The number of carbonyl (C=O) groups excluding carboxylic acids is 1. The van der Waals surface area contributed by atoms with E-state index < -0.39 is 0 Å². The van der Waals surface area contributed by atoms with Gasteiger partial charge in [-0.1, -0.05) is 0 Å². The largest absolute Gasteiger partial charge is 0.493 e. The van der Waals surface area contributed by atoms with E-state index in [2.05, 4.69) is 15.5 Å². The van der Waals surface area contributed by atoms with Gasteiger partial charge in [0.05, 0.1) is 12.8 Å². The van der Waals surface area contributed by atoms with Crippen molar-refractivity contribution in [2.24, 2.45) is 0 Å². The second-order valence-electron chi connectivity index (χ2n) is 4.15. The lowest BCUT2D eigenvalue weighted by Crippen LogP contribution is -2.13. The molecule has 2 N–H and O–H groups in total. The van der Waals surface area contributed by atoms with Crippen molar-refractivity contribution in [1.82, 2.24) is 10.2 Å².